The highest BCUT2D eigenvalue weighted by molar-refractivity contribution is 7.92. The maximum Gasteiger partial charge on any atom is 0.153 e. The lowest BCUT2D eigenvalue weighted by Gasteiger charge is -2.26. The van der Waals surface area contributed by atoms with Crippen molar-refractivity contribution in [2.75, 3.05) is 11.5 Å². The molecule has 4 nitrogen and oxygen atoms in total. The molecule has 1 N–H and O–H groups in total. The summed E-state index contributed by atoms with van der Waals surface area (Å²) in [5.41, 5.74) is 1.13. The van der Waals surface area contributed by atoms with Crippen LogP contribution in [0, 0.1) is 0 Å². The number of aromatic nitrogens is 1. The first kappa shape index (κ1) is 9.61. The highest BCUT2D eigenvalue weighted by Gasteiger charge is 2.32. The van der Waals surface area contributed by atoms with E-state index in [0.717, 1.165) is 5.56 Å². The summed E-state index contributed by atoms with van der Waals surface area (Å²) in [6.07, 6.45) is 3.46. The molecule has 0 unspecified atom stereocenters. The van der Waals surface area contributed by atoms with Crippen molar-refractivity contribution in [3.8, 4) is 0 Å². The molecule has 0 radical (unpaired) electrons. The minimum Gasteiger partial charge on any atom is -0.308 e. The van der Waals surface area contributed by atoms with Gasteiger partial charge in [-0.2, -0.15) is 0 Å². The first-order valence-electron chi connectivity index (χ1n) is 4.48. The minimum atomic E-state index is -2.71. The molecule has 76 valence electrons. The molecular formula is C9H12N2O2S. The number of pyridine rings is 1. The van der Waals surface area contributed by atoms with Crippen LogP contribution in [0.15, 0.2) is 24.5 Å². The van der Waals surface area contributed by atoms with Gasteiger partial charge >= 0.3 is 0 Å². The summed E-state index contributed by atoms with van der Waals surface area (Å²) < 4.78 is 21.7. The molecule has 1 fully saturated rings. The fourth-order valence-electron chi connectivity index (χ4n) is 1.44. The number of hydrogen-bond donors (Lipinski definition) is 1. The van der Waals surface area contributed by atoms with E-state index in [0.29, 0.717) is 6.54 Å². The van der Waals surface area contributed by atoms with E-state index in [4.69, 9.17) is 0 Å². The van der Waals surface area contributed by atoms with E-state index in [1.165, 1.54) is 0 Å². The third kappa shape index (κ3) is 2.30. The summed E-state index contributed by atoms with van der Waals surface area (Å²) in [5.74, 6) is 0.552. The second-order valence-electron chi connectivity index (χ2n) is 3.51. The molecule has 0 saturated carbocycles. The van der Waals surface area contributed by atoms with E-state index in [-0.39, 0.29) is 17.5 Å². The lowest BCUT2D eigenvalue weighted by Crippen LogP contribution is -2.50. The van der Waals surface area contributed by atoms with Gasteiger partial charge in [0.25, 0.3) is 0 Å². The van der Waals surface area contributed by atoms with Crippen molar-refractivity contribution < 1.29 is 8.42 Å². The van der Waals surface area contributed by atoms with Gasteiger partial charge in [0.05, 0.1) is 11.5 Å². The van der Waals surface area contributed by atoms with Crippen molar-refractivity contribution in [1.29, 1.82) is 0 Å². The largest absolute Gasteiger partial charge is 0.308 e. The topological polar surface area (TPSA) is 59.1 Å². The second-order valence-corrected chi connectivity index (χ2v) is 5.66. The van der Waals surface area contributed by atoms with Crippen LogP contribution in [0.5, 0.6) is 0 Å². The van der Waals surface area contributed by atoms with E-state index in [9.17, 15) is 8.42 Å². The van der Waals surface area contributed by atoms with Crippen molar-refractivity contribution in [1.82, 2.24) is 10.3 Å². The monoisotopic (exact) mass is 212 g/mol. The normalized spacial score (nSPS) is 20.3. The Balaban J connectivity index is 1.80. The Kier molecular flexibility index (Phi) is 2.52. The Morgan fingerprint density at radius 2 is 2.00 bits per heavy atom. The van der Waals surface area contributed by atoms with Crippen LogP contribution in [-0.4, -0.2) is 30.9 Å². The van der Waals surface area contributed by atoms with Gasteiger partial charge in [-0.15, -0.1) is 0 Å². The number of sulfone groups is 1. The Morgan fingerprint density at radius 1 is 1.36 bits per heavy atom. The molecule has 1 saturated heterocycles. The Labute approximate surface area is 83.3 Å². The average Bonchev–Trinajstić information content (AvgIpc) is 2.13. The van der Waals surface area contributed by atoms with Gasteiger partial charge in [0, 0.05) is 25.0 Å². The van der Waals surface area contributed by atoms with Crippen molar-refractivity contribution in [2.24, 2.45) is 0 Å². The highest BCUT2D eigenvalue weighted by Crippen LogP contribution is 2.10. The van der Waals surface area contributed by atoms with Crippen LogP contribution in [0.25, 0.3) is 0 Å². The molecule has 2 rings (SSSR count). The van der Waals surface area contributed by atoms with Gasteiger partial charge in [0.2, 0.25) is 0 Å². The van der Waals surface area contributed by atoms with Crippen LogP contribution in [0.3, 0.4) is 0 Å². The molecule has 0 amide bonds. The quantitative estimate of drug-likeness (QED) is 0.764. The summed E-state index contributed by atoms with van der Waals surface area (Å²) in [6.45, 7) is 0.711. The molecule has 14 heavy (non-hydrogen) atoms. The Bertz CT molecular complexity index is 390. The van der Waals surface area contributed by atoms with E-state index in [1.807, 2.05) is 12.1 Å². The van der Waals surface area contributed by atoms with Gasteiger partial charge in [-0.05, 0) is 17.7 Å². The summed E-state index contributed by atoms with van der Waals surface area (Å²) in [7, 11) is -2.71. The van der Waals surface area contributed by atoms with E-state index < -0.39 is 9.84 Å². The van der Waals surface area contributed by atoms with Gasteiger partial charge in [0.15, 0.2) is 9.84 Å². The first-order valence-corrected chi connectivity index (χ1v) is 6.30. The van der Waals surface area contributed by atoms with Gasteiger partial charge in [-0.3, -0.25) is 4.98 Å². The first-order chi connectivity index (χ1) is 6.66. The van der Waals surface area contributed by atoms with Gasteiger partial charge in [-0.1, -0.05) is 0 Å². The molecule has 0 aromatic carbocycles. The third-order valence-electron chi connectivity index (χ3n) is 2.25. The lowest BCUT2D eigenvalue weighted by molar-refractivity contribution is 0.511. The van der Waals surface area contributed by atoms with E-state index in [1.54, 1.807) is 12.4 Å². The minimum absolute atomic E-state index is 0.133. The predicted molar refractivity (Wildman–Crippen MR) is 53.5 cm³/mol. The lowest BCUT2D eigenvalue weighted by atomic mass is 10.2. The molecule has 1 aliphatic rings. The van der Waals surface area contributed by atoms with Crippen LogP contribution in [0.1, 0.15) is 5.56 Å². The van der Waals surface area contributed by atoms with Crippen LogP contribution in [0.2, 0.25) is 0 Å². The zero-order chi connectivity index (χ0) is 10.0. The Hall–Kier alpha value is -0.940. The Morgan fingerprint density at radius 3 is 2.57 bits per heavy atom. The maximum absolute atomic E-state index is 10.9. The maximum atomic E-state index is 10.9. The van der Waals surface area contributed by atoms with Gasteiger partial charge < -0.3 is 5.32 Å². The molecule has 2 heterocycles. The highest BCUT2D eigenvalue weighted by atomic mass is 32.2. The van der Waals surface area contributed by atoms with Crippen molar-refractivity contribution in [3.63, 3.8) is 0 Å². The number of hydrogen-bond acceptors (Lipinski definition) is 4. The smallest absolute Gasteiger partial charge is 0.153 e. The molecular weight excluding hydrogens is 200 g/mol. The van der Waals surface area contributed by atoms with Gasteiger partial charge in [-0.25, -0.2) is 8.42 Å². The SMILES string of the molecule is O=S1(=O)CC(NCc2ccncc2)C1. The molecule has 0 bridgehead atoms. The summed E-state index contributed by atoms with van der Waals surface area (Å²) >= 11 is 0. The molecule has 1 aromatic heterocycles. The standard InChI is InChI=1S/C9H12N2O2S/c12-14(13)6-9(7-14)11-5-8-1-3-10-4-2-8/h1-4,9,11H,5-7H2. The van der Waals surface area contributed by atoms with Crippen molar-refractivity contribution in [3.05, 3.63) is 30.1 Å². The third-order valence-corrected chi connectivity index (χ3v) is 4.07. The molecule has 5 heteroatoms. The van der Waals surface area contributed by atoms with Crippen LogP contribution in [0.4, 0.5) is 0 Å². The summed E-state index contributed by atoms with van der Waals surface area (Å²) in [4.78, 5) is 3.91. The van der Waals surface area contributed by atoms with E-state index in [2.05, 4.69) is 10.3 Å². The number of rotatable bonds is 3. The fourth-order valence-corrected chi connectivity index (χ4v) is 2.81. The van der Waals surface area contributed by atoms with Crippen LogP contribution < -0.4 is 5.32 Å². The summed E-state index contributed by atoms with van der Waals surface area (Å²) in [5, 5.41) is 3.18. The zero-order valence-corrected chi connectivity index (χ0v) is 8.50. The van der Waals surface area contributed by atoms with Crippen molar-refractivity contribution in [2.45, 2.75) is 12.6 Å². The van der Waals surface area contributed by atoms with Crippen LogP contribution in [-0.2, 0) is 16.4 Å². The fraction of sp³-hybridized carbons (Fsp3) is 0.444. The molecule has 0 atom stereocenters. The predicted octanol–water partition coefficient (Wildman–Crippen LogP) is -0.0318. The van der Waals surface area contributed by atoms with Gasteiger partial charge in [0.1, 0.15) is 0 Å². The zero-order valence-electron chi connectivity index (χ0n) is 7.68. The average molecular weight is 212 g/mol. The molecule has 1 aliphatic heterocycles. The molecule has 1 aromatic rings. The van der Waals surface area contributed by atoms with Crippen molar-refractivity contribution >= 4 is 9.84 Å². The molecule has 0 aliphatic carbocycles. The number of nitrogens with one attached hydrogen (secondary N) is 1. The van der Waals surface area contributed by atoms with E-state index >= 15 is 0 Å². The van der Waals surface area contributed by atoms with Crippen LogP contribution >= 0.6 is 0 Å². The molecule has 0 spiro atoms. The number of nitrogens with zero attached hydrogens (tertiary/aromatic N) is 1. The second kappa shape index (κ2) is 3.67. The summed E-state index contributed by atoms with van der Waals surface area (Å²) in [6, 6.07) is 3.97.